The molecule has 0 bridgehead atoms. The molecule has 0 aromatic heterocycles. The van der Waals surface area contributed by atoms with Crippen LogP contribution in [0.15, 0.2) is 5.16 Å². The number of rotatable bonds is 4. The number of aliphatic hydroxyl groups is 1. The van der Waals surface area contributed by atoms with Gasteiger partial charge in [-0.05, 0) is 40.0 Å². The molecule has 0 aliphatic rings. The topological polar surface area (TPSA) is 52.8 Å². The first-order valence-electron chi connectivity index (χ1n) is 3.85. The monoisotopic (exact) mass is 159 g/mol. The van der Waals surface area contributed by atoms with E-state index in [1.165, 1.54) is 0 Å². The van der Waals surface area contributed by atoms with Gasteiger partial charge >= 0.3 is 0 Å². The molecule has 0 spiro atoms. The predicted octanol–water partition coefficient (Wildman–Crippen LogP) is 1.78. The van der Waals surface area contributed by atoms with E-state index in [9.17, 15) is 5.11 Å². The Kier molecular flexibility index (Phi) is 4.11. The minimum atomic E-state index is -0.601. The zero-order valence-electron chi connectivity index (χ0n) is 7.46. The molecule has 0 aromatic rings. The Balaban J connectivity index is 3.43. The number of hydrogen-bond donors (Lipinski definition) is 2. The summed E-state index contributed by atoms with van der Waals surface area (Å²) < 4.78 is 0. The van der Waals surface area contributed by atoms with Crippen LogP contribution in [0.3, 0.4) is 0 Å². The highest BCUT2D eigenvalue weighted by molar-refractivity contribution is 5.81. The van der Waals surface area contributed by atoms with Crippen molar-refractivity contribution in [1.82, 2.24) is 0 Å². The van der Waals surface area contributed by atoms with Crippen LogP contribution in [-0.2, 0) is 0 Å². The van der Waals surface area contributed by atoms with Gasteiger partial charge in [-0.1, -0.05) is 5.16 Å². The molecule has 0 aliphatic carbocycles. The van der Waals surface area contributed by atoms with Gasteiger partial charge in [-0.3, -0.25) is 0 Å². The first-order valence-corrected chi connectivity index (χ1v) is 3.85. The zero-order chi connectivity index (χ0) is 8.91. The van der Waals surface area contributed by atoms with Crippen molar-refractivity contribution in [3.8, 4) is 0 Å². The summed E-state index contributed by atoms with van der Waals surface area (Å²) >= 11 is 0. The van der Waals surface area contributed by atoms with Crippen LogP contribution in [0.1, 0.15) is 40.0 Å². The van der Waals surface area contributed by atoms with Crippen molar-refractivity contribution < 1.29 is 10.3 Å². The van der Waals surface area contributed by atoms with Crippen molar-refractivity contribution in [3.05, 3.63) is 0 Å². The quantitative estimate of drug-likeness (QED) is 0.373. The Bertz CT molecular complexity index is 136. The van der Waals surface area contributed by atoms with E-state index in [-0.39, 0.29) is 0 Å². The summed E-state index contributed by atoms with van der Waals surface area (Å²) in [7, 11) is 0. The molecule has 0 atom stereocenters. The lowest BCUT2D eigenvalue weighted by molar-refractivity contribution is 0.0694. The molecule has 3 nitrogen and oxygen atoms in total. The number of nitrogens with zero attached hydrogens (tertiary/aromatic N) is 1. The maximum absolute atomic E-state index is 9.30. The highest BCUT2D eigenvalue weighted by Crippen LogP contribution is 2.11. The Morgan fingerprint density at radius 3 is 2.36 bits per heavy atom. The zero-order valence-corrected chi connectivity index (χ0v) is 7.46. The van der Waals surface area contributed by atoms with Crippen LogP contribution in [0.25, 0.3) is 0 Å². The van der Waals surface area contributed by atoms with Crippen molar-refractivity contribution in [3.63, 3.8) is 0 Å². The summed E-state index contributed by atoms with van der Waals surface area (Å²) in [5.41, 5.74) is 0.115. The average Bonchev–Trinajstić information content (AvgIpc) is 1.85. The molecule has 0 radical (unpaired) electrons. The van der Waals surface area contributed by atoms with Crippen LogP contribution in [0.4, 0.5) is 0 Å². The highest BCUT2D eigenvalue weighted by Gasteiger charge is 2.11. The van der Waals surface area contributed by atoms with E-state index in [0.29, 0.717) is 5.71 Å². The van der Waals surface area contributed by atoms with Gasteiger partial charge in [0.05, 0.1) is 11.3 Å². The van der Waals surface area contributed by atoms with Gasteiger partial charge in [0, 0.05) is 0 Å². The van der Waals surface area contributed by atoms with Crippen molar-refractivity contribution >= 4 is 5.71 Å². The van der Waals surface area contributed by atoms with Crippen molar-refractivity contribution in [2.45, 2.75) is 45.6 Å². The molecule has 0 saturated carbocycles. The van der Waals surface area contributed by atoms with E-state index < -0.39 is 5.60 Å². The maximum atomic E-state index is 9.30. The predicted molar refractivity (Wildman–Crippen MR) is 45.0 cm³/mol. The molecule has 11 heavy (non-hydrogen) atoms. The molecule has 0 aromatic carbocycles. The minimum Gasteiger partial charge on any atom is -0.411 e. The molecule has 66 valence electrons. The fraction of sp³-hybridized carbons (Fsp3) is 0.875. The third-order valence-corrected chi connectivity index (χ3v) is 1.50. The van der Waals surface area contributed by atoms with Crippen LogP contribution in [0.2, 0.25) is 0 Å². The van der Waals surface area contributed by atoms with E-state index in [2.05, 4.69) is 5.16 Å². The number of hydrogen-bond acceptors (Lipinski definition) is 3. The largest absolute Gasteiger partial charge is 0.411 e. The van der Waals surface area contributed by atoms with E-state index in [4.69, 9.17) is 5.21 Å². The van der Waals surface area contributed by atoms with E-state index in [1.807, 2.05) is 0 Å². The van der Waals surface area contributed by atoms with Crippen molar-refractivity contribution in [2.24, 2.45) is 5.16 Å². The van der Waals surface area contributed by atoms with Gasteiger partial charge in [-0.25, -0.2) is 0 Å². The van der Waals surface area contributed by atoms with E-state index in [1.54, 1.807) is 20.8 Å². The summed E-state index contributed by atoms with van der Waals surface area (Å²) in [5.74, 6) is 0. The average molecular weight is 159 g/mol. The fourth-order valence-corrected chi connectivity index (χ4v) is 0.827. The van der Waals surface area contributed by atoms with Gasteiger partial charge in [0.25, 0.3) is 0 Å². The first kappa shape index (κ1) is 10.4. The van der Waals surface area contributed by atoms with E-state index in [0.717, 1.165) is 19.3 Å². The summed E-state index contributed by atoms with van der Waals surface area (Å²) in [6.45, 7) is 5.32. The number of oxime groups is 1. The lowest BCUT2D eigenvalue weighted by Crippen LogP contribution is -2.18. The smallest absolute Gasteiger partial charge is 0.0591 e. The summed E-state index contributed by atoms with van der Waals surface area (Å²) in [5, 5.41) is 20.6. The Morgan fingerprint density at radius 1 is 1.45 bits per heavy atom. The third-order valence-electron chi connectivity index (χ3n) is 1.50. The molecule has 0 fully saturated rings. The van der Waals surface area contributed by atoms with Crippen molar-refractivity contribution in [2.75, 3.05) is 0 Å². The third kappa shape index (κ3) is 7.33. The van der Waals surface area contributed by atoms with Gasteiger partial charge in [0.15, 0.2) is 0 Å². The van der Waals surface area contributed by atoms with Crippen LogP contribution in [-0.4, -0.2) is 21.6 Å². The second-order valence-corrected chi connectivity index (χ2v) is 3.50. The Morgan fingerprint density at radius 2 is 2.00 bits per heavy atom. The normalized spacial score (nSPS) is 13.6. The van der Waals surface area contributed by atoms with Gasteiger partial charge in [-0.15, -0.1) is 0 Å². The van der Waals surface area contributed by atoms with Gasteiger partial charge in [0.1, 0.15) is 0 Å². The Labute approximate surface area is 67.7 Å². The standard InChI is InChI=1S/C8H17NO2/c1-7(9-11)5-4-6-8(2,3)10/h10-11H,4-6H2,1-3H3. The van der Waals surface area contributed by atoms with Crippen LogP contribution in [0, 0.1) is 0 Å². The summed E-state index contributed by atoms with van der Waals surface area (Å²) in [6.07, 6.45) is 2.35. The summed E-state index contributed by atoms with van der Waals surface area (Å²) in [4.78, 5) is 0. The molecule has 0 unspecified atom stereocenters. The van der Waals surface area contributed by atoms with Gasteiger partial charge < -0.3 is 10.3 Å². The lowest BCUT2D eigenvalue weighted by atomic mass is 10.0. The fourth-order valence-electron chi connectivity index (χ4n) is 0.827. The van der Waals surface area contributed by atoms with Crippen LogP contribution < -0.4 is 0 Å². The second kappa shape index (κ2) is 4.34. The molecule has 0 heterocycles. The first-order chi connectivity index (χ1) is 4.95. The molecule has 2 N–H and O–H groups in total. The molecular formula is C8H17NO2. The minimum absolute atomic E-state index is 0.601. The highest BCUT2D eigenvalue weighted by atomic mass is 16.4. The summed E-state index contributed by atoms with van der Waals surface area (Å²) in [6, 6.07) is 0. The molecular weight excluding hydrogens is 142 g/mol. The molecule has 0 aliphatic heterocycles. The SMILES string of the molecule is CC(CCCC(C)(C)O)=NO. The van der Waals surface area contributed by atoms with Gasteiger partial charge in [0.2, 0.25) is 0 Å². The second-order valence-electron chi connectivity index (χ2n) is 3.50. The van der Waals surface area contributed by atoms with Crippen molar-refractivity contribution in [1.29, 1.82) is 0 Å². The van der Waals surface area contributed by atoms with E-state index >= 15 is 0 Å². The van der Waals surface area contributed by atoms with Gasteiger partial charge in [-0.2, -0.15) is 0 Å². The molecule has 0 saturated heterocycles. The Hall–Kier alpha value is -0.570. The van der Waals surface area contributed by atoms with Crippen LogP contribution >= 0.6 is 0 Å². The molecule has 3 heteroatoms. The lowest BCUT2D eigenvalue weighted by Gasteiger charge is -2.15. The maximum Gasteiger partial charge on any atom is 0.0591 e. The molecule has 0 amide bonds. The molecule has 0 rings (SSSR count). The van der Waals surface area contributed by atoms with Crippen LogP contribution in [0.5, 0.6) is 0 Å².